The molecule has 170 valence electrons. The molecule has 1 saturated heterocycles. The van der Waals surface area contributed by atoms with E-state index in [9.17, 15) is 4.39 Å². The van der Waals surface area contributed by atoms with Crippen LogP contribution in [-0.2, 0) is 4.74 Å². The van der Waals surface area contributed by atoms with Gasteiger partial charge in [0.25, 0.3) is 0 Å². The van der Waals surface area contributed by atoms with Gasteiger partial charge in [0.2, 0.25) is 0 Å². The first-order chi connectivity index (χ1) is 15.6. The van der Waals surface area contributed by atoms with Crippen LogP contribution in [0.3, 0.4) is 0 Å². The molecule has 0 amide bonds. The summed E-state index contributed by atoms with van der Waals surface area (Å²) in [6, 6.07) is 8.12. The molecule has 2 heterocycles. The molecule has 0 atom stereocenters. The summed E-state index contributed by atoms with van der Waals surface area (Å²) in [4.78, 5) is 11.2. The van der Waals surface area contributed by atoms with Crippen LogP contribution >= 0.6 is 11.6 Å². The number of ether oxygens (including phenoxy) is 3. The van der Waals surface area contributed by atoms with E-state index in [1.165, 1.54) is 18.5 Å². The standard InChI is InChI=1S/C23H26ClFN4O3/c1-30-10-9-29-7-5-16(6-8-29)32-21-13-17(31-2)12-20-22(21)23(27-14-26-20)28-15-3-4-19(25)18(24)11-15/h3-4,11-14,16H,5-10H2,1-2H3,(H,26,27,28). The first kappa shape index (κ1) is 22.5. The van der Waals surface area contributed by atoms with Crippen molar-refractivity contribution in [3.8, 4) is 11.5 Å². The van der Waals surface area contributed by atoms with E-state index in [4.69, 9.17) is 25.8 Å². The Morgan fingerprint density at radius 2 is 1.97 bits per heavy atom. The van der Waals surface area contributed by atoms with Gasteiger partial charge in [-0.05, 0) is 31.0 Å². The van der Waals surface area contributed by atoms with Gasteiger partial charge in [-0.25, -0.2) is 14.4 Å². The van der Waals surface area contributed by atoms with Crippen molar-refractivity contribution in [2.75, 3.05) is 45.8 Å². The van der Waals surface area contributed by atoms with Crippen molar-refractivity contribution in [2.24, 2.45) is 0 Å². The Balaban J connectivity index is 1.61. The summed E-state index contributed by atoms with van der Waals surface area (Å²) in [6.45, 7) is 3.55. The van der Waals surface area contributed by atoms with Crippen LogP contribution < -0.4 is 14.8 Å². The summed E-state index contributed by atoms with van der Waals surface area (Å²) >= 11 is 5.94. The van der Waals surface area contributed by atoms with Gasteiger partial charge < -0.3 is 24.4 Å². The highest BCUT2D eigenvalue weighted by Gasteiger charge is 2.22. The molecule has 7 nitrogen and oxygen atoms in total. The Labute approximate surface area is 191 Å². The summed E-state index contributed by atoms with van der Waals surface area (Å²) in [7, 11) is 3.33. The number of nitrogens with one attached hydrogen (secondary N) is 1. The van der Waals surface area contributed by atoms with Gasteiger partial charge in [0.15, 0.2) is 0 Å². The monoisotopic (exact) mass is 460 g/mol. The van der Waals surface area contributed by atoms with Crippen LogP contribution in [0.1, 0.15) is 12.8 Å². The Bertz CT molecular complexity index is 1080. The maximum absolute atomic E-state index is 13.6. The predicted octanol–water partition coefficient (Wildman–Crippen LogP) is 4.66. The fourth-order valence-corrected chi connectivity index (χ4v) is 3.98. The first-order valence-corrected chi connectivity index (χ1v) is 10.9. The predicted molar refractivity (Wildman–Crippen MR) is 123 cm³/mol. The molecule has 1 aliphatic heterocycles. The Kier molecular flexibility index (Phi) is 7.24. The van der Waals surface area contributed by atoms with E-state index < -0.39 is 5.82 Å². The van der Waals surface area contributed by atoms with Crippen molar-refractivity contribution < 1.29 is 18.6 Å². The molecule has 0 saturated carbocycles. The Hall–Kier alpha value is -2.68. The zero-order valence-corrected chi connectivity index (χ0v) is 18.9. The normalized spacial score (nSPS) is 15.1. The molecule has 0 spiro atoms. The number of halogens is 2. The minimum absolute atomic E-state index is 0.0340. The number of fused-ring (bicyclic) bond motifs is 1. The number of benzene rings is 2. The SMILES string of the molecule is COCCN1CCC(Oc2cc(OC)cc3ncnc(Nc4ccc(F)c(Cl)c4)c23)CC1. The summed E-state index contributed by atoms with van der Waals surface area (Å²) < 4.78 is 30.6. The summed E-state index contributed by atoms with van der Waals surface area (Å²) in [5.74, 6) is 1.37. The largest absolute Gasteiger partial charge is 0.497 e. The topological polar surface area (TPSA) is 68.7 Å². The van der Waals surface area contributed by atoms with Crippen LogP contribution in [0.2, 0.25) is 5.02 Å². The molecule has 2 aromatic carbocycles. The molecule has 1 fully saturated rings. The van der Waals surface area contributed by atoms with Gasteiger partial charge in [0.05, 0.1) is 29.6 Å². The number of hydrogen-bond acceptors (Lipinski definition) is 7. The number of methoxy groups -OCH3 is 2. The lowest BCUT2D eigenvalue weighted by Crippen LogP contribution is -2.39. The third-order valence-corrected chi connectivity index (χ3v) is 5.82. The van der Waals surface area contributed by atoms with E-state index in [2.05, 4.69) is 20.2 Å². The molecule has 1 N–H and O–H groups in total. The highest BCUT2D eigenvalue weighted by atomic mass is 35.5. The zero-order chi connectivity index (χ0) is 22.5. The third-order valence-electron chi connectivity index (χ3n) is 5.53. The number of rotatable bonds is 8. The van der Waals surface area contributed by atoms with Crippen LogP contribution in [0, 0.1) is 5.82 Å². The molecular formula is C23H26ClFN4O3. The van der Waals surface area contributed by atoms with Crippen molar-refractivity contribution in [1.29, 1.82) is 0 Å². The first-order valence-electron chi connectivity index (χ1n) is 10.5. The van der Waals surface area contributed by atoms with Crippen molar-refractivity contribution in [1.82, 2.24) is 14.9 Å². The van der Waals surface area contributed by atoms with Gasteiger partial charge in [-0.2, -0.15) is 0 Å². The Morgan fingerprint density at radius 1 is 1.16 bits per heavy atom. The molecule has 0 unspecified atom stereocenters. The van der Waals surface area contributed by atoms with Gasteiger partial charge in [0.1, 0.15) is 35.6 Å². The summed E-state index contributed by atoms with van der Waals surface area (Å²) in [6.07, 6.45) is 3.35. The molecule has 1 aromatic heterocycles. The number of anilines is 2. The molecule has 9 heteroatoms. The summed E-state index contributed by atoms with van der Waals surface area (Å²) in [5.41, 5.74) is 1.30. The summed E-state index contributed by atoms with van der Waals surface area (Å²) in [5, 5.41) is 3.98. The van der Waals surface area contributed by atoms with Gasteiger partial charge in [-0.1, -0.05) is 11.6 Å². The van der Waals surface area contributed by atoms with E-state index in [0.717, 1.165) is 44.5 Å². The number of aromatic nitrogens is 2. The third kappa shape index (κ3) is 5.20. The molecule has 0 aliphatic carbocycles. The number of hydrogen-bond donors (Lipinski definition) is 1. The highest BCUT2D eigenvalue weighted by Crippen LogP contribution is 2.37. The highest BCUT2D eigenvalue weighted by molar-refractivity contribution is 6.31. The molecule has 3 aromatic rings. The molecule has 1 aliphatic rings. The van der Waals surface area contributed by atoms with Crippen molar-refractivity contribution in [2.45, 2.75) is 18.9 Å². The van der Waals surface area contributed by atoms with Crippen LogP contribution in [0.4, 0.5) is 15.9 Å². The van der Waals surface area contributed by atoms with Gasteiger partial charge in [-0.15, -0.1) is 0 Å². The second-order valence-corrected chi connectivity index (χ2v) is 8.05. The average molecular weight is 461 g/mol. The molecular weight excluding hydrogens is 435 g/mol. The maximum atomic E-state index is 13.6. The quantitative estimate of drug-likeness (QED) is 0.524. The van der Waals surface area contributed by atoms with Crippen LogP contribution in [0.25, 0.3) is 10.9 Å². The lowest BCUT2D eigenvalue weighted by Gasteiger charge is -2.32. The van der Waals surface area contributed by atoms with E-state index in [0.29, 0.717) is 28.5 Å². The lowest BCUT2D eigenvalue weighted by atomic mass is 10.1. The van der Waals surface area contributed by atoms with E-state index in [-0.39, 0.29) is 11.1 Å². The van der Waals surface area contributed by atoms with Crippen LogP contribution in [0.15, 0.2) is 36.7 Å². The maximum Gasteiger partial charge on any atom is 0.145 e. The fraction of sp³-hybridized carbons (Fsp3) is 0.391. The van der Waals surface area contributed by atoms with E-state index in [1.54, 1.807) is 20.3 Å². The number of likely N-dealkylation sites (tertiary alicyclic amines) is 1. The van der Waals surface area contributed by atoms with Gasteiger partial charge >= 0.3 is 0 Å². The second-order valence-electron chi connectivity index (χ2n) is 7.65. The minimum atomic E-state index is -0.477. The van der Waals surface area contributed by atoms with Crippen LogP contribution in [0.5, 0.6) is 11.5 Å². The van der Waals surface area contributed by atoms with Gasteiger partial charge in [-0.3, -0.25) is 0 Å². The van der Waals surface area contributed by atoms with E-state index in [1.807, 2.05) is 12.1 Å². The van der Waals surface area contributed by atoms with Crippen molar-refractivity contribution in [3.63, 3.8) is 0 Å². The smallest absolute Gasteiger partial charge is 0.145 e. The molecule has 0 bridgehead atoms. The van der Waals surface area contributed by atoms with Crippen molar-refractivity contribution in [3.05, 3.63) is 47.5 Å². The molecule has 32 heavy (non-hydrogen) atoms. The Morgan fingerprint density at radius 3 is 2.69 bits per heavy atom. The number of nitrogens with zero attached hydrogens (tertiary/aromatic N) is 3. The van der Waals surface area contributed by atoms with E-state index >= 15 is 0 Å². The fourth-order valence-electron chi connectivity index (χ4n) is 3.80. The lowest BCUT2D eigenvalue weighted by molar-refractivity contribution is 0.0804. The molecule has 0 radical (unpaired) electrons. The molecule has 4 rings (SSSR count). The second kappa shape index (κ2) is 10.3. The number of piperidine rings is 1. The average Bonchev–Trinajstić information content (AvgIpc) is 2.81. The van der Waals surface area contributed by atoms with Crippen LogP contribution in [-0.4, -0.2) is 61.4 Å². The van der Waals surface area contributed by atoms with Crippen molar-refractivity contribution >= 4 is 34.0 Å². The zero-order valence-electron chi connectivity index (χ0n) is 18.1. The van der Waals surface area contributed by atoms with Gasteiger partial charge in [0, 0.05) is 44.6 Å². The minimum Gasteiger partial charge on any atom is -0.497 e.